The summed E-state index contributed by atoms with van der Waals surface area (Å²) >= 11 is 0. The minimum Gasteiger partial charge on any atom is -0.344 e. The predicted octanol–water partition coefficient (Wildman–Crippen LogP) is 1.92. The molecule has 2 saturated heterocycles. The Morgan fingerprint density at radius 1 is 0.844 bits per heavy atom. The lowest BCUT2D eigenvalue weighted by molar-refractivity contribution is -0.140. The van der Waals surface area contributed by atoms with Crippen molar-refractivity contribution in [3.8, 4) is 0 Å². The van der Waals surface area contributed by atoms with Gasteiger partial charge in [-0.05, 0) is 24.3 Å². The molecular weight excluding hydrogens is 404 g/mol. The Morgan fingerprint density at radius 3 is 2.06 bits per heavy atom. The molecule has 7 heteroatoms. The largest absolute Gasteiger partial charge is 0.344 e. The molecule has 0 saturated carbocycles. The van der Waals surface area contributed by atoms with E-state index in [9.17, 15) is 14.4 Å². The maximum atomic E-state index is 13.2. The van der Waals surface area contributed by atoms with Crippen LogP contribution in [-0.2, 0) is 20.8 Å². The average Bonchev–Trinajstić information content (AvgIpc) is 3.08. The van der Waals surface area contributed by atoms with E-state index in [2.05, 4.69) is 10.2 Å². The fraction of sp³-hybridized carbons (Fsp3) is 0.640. The van der Waals surface area contributed by atoms with Crippen LogP contribution in [0.15, 0.2) is 30.3 Å². The van der Waals surface area contributed by atoms with Gasteiger partial charge < -0.3 is 15.1 Å². The summed E-state index contributed by atoms with van der Waals surface area (Å²) in [7, 11) is 0. The first-order valence-electron chi connectivity index (χ1n) is 12.1. The van der Waals surface area contributed by atoms with Gasteiger partial charge >= 0.3 is 0 Å². The highest BCUT2D eigenvalue weighted by Crippen LogP contribution is 2.13. The monoisotopic (exact) mass is 442 g/mol. The lowest BCUT2D eigenvalue weighted by Gasteiger charge is -2.37. The first-order valence-corrected chi connectivity index (χ1v) is 12.1. The molecular formula is C25H38N4O3. The highest BCUT2D eigenvalue weighted by atomic mass is 16.2. The minimum atomic E-state index is -0.531. The van der Waals surface area contributed by atoms with Crippen LogP contribution in [0.5, 0.6) is 0 Å². The third-order valence-corrected chi connectivity index (χ3v) is 6.46. The quantitative estimate of drug-likeness (QED) is 0.700. The summed E-state index contributed by atoms with van der Waals surface area (Å²) in [6.07, 6.45) is 4.89. The molecule has 1 aromatic carbocycles. The van der Waals surface area contributed by atoms with Crippen molar-refractivity contribution in [2.24, 2.45) is 5.92 Å². The molecule has 3 amide bonds. The smallest absolute Gasteiger partial charge is 0.245 e. The second-order valence-electron chi connectivity index (χ2n) is 9.35. The van der Waals surface area contributed by atoms with E-state index in [1.165, 1.54) is 12.8 Å². The third-order valence-electron chi connectivity index (χ3n) is 6.46. The molecule has 3 rings (SSSR count). The van der Waals surface area contributed by atoms with Crippen LogP contribution in [0, 0.1) is 5.92 Å². The van der Waals surface area contributed by atoms with Gasteiger partial charge in [0.15, 0.2) is 0 Å². The van der Waals surface area contributed by atoms with Crippen LogP contribution in [0.2, 0.25) is 0 Å². The number of amides is 3. The molecule has 1 aromatic rings. The van der Waals surface area contributed by atoms with Crippen molar-refractivity contribution in [3.05, 3.63) is 35.9 Å². The van der Waals surface area contributed by atoms with E-state index in [1.807, 2.05) is 54.0 Å². The van der Waals surface area contributed by atoms with Gasteiger partial charge in [0.25, 0.3) is 0 Å². The molecule has 0 unspecified atom stereocenters. The summed E-state index contributed by atoms with van der Waals surface area (Å²) in [5.41, 5.74) is 0.933. The van der Waals surface area contributed by atoms with E-state index in [4.69, 9.17) is 0 Å². The zero-order valence-electron chi connectivity index (χ0n) is 19.6. The Morgan fingerprint density at radius 2 is 1.47 bits per heavy atom. The van der Waals surface area contributed by atoms with E-state index in [0.717, 1.165) is 31.5 Å². The average molecular weight is 443 g/mol. The van der Waals surface area contributed by atoms with Crippen LogP contribution in [0.4, 0.5) is 0 Å². The van der Waals surface area contributed by atoms with Crippen LogP contribution in [0.1, 0.15) is 45.1 Å². The zero-order valence-corrected chi connectivity index (χ0v) is 19.6. The van der Waals surface area contributed by atoms with Gasteiger partial charge in [0.2, 0.25) is 17.7 Å². The van der Waals surface area contributed by atoms with Gasteiger partial charge in [-0.3, -0.25) is 19.3 Å². The second-order valence-corrected chi connectivity index (χ2v) is 9.35. The number of piperazine rings is 1. The van der Waals surface area contributed by atoms with Crippen LogP contribution in [-0.4, -0.2) is 84.3 Å². The van der Waals surface area contributed by atoms with Gasteiger partial charge in [-0.2, -0.15) is 0 Å². The molecule has 2 heterocycles. The van der Waals surface area contributed by atoms with E-state index in [1.54, 1.807) is 0 Å². The van der Waals surface area contributed by atoms with Crippen molar-refractivity contribution in [1.29, 1.82) is 0 Å². The molecule has 0 spiro atoms. The van der Waals surface area contributed by atoms with Crippen molar-refractivity contribution in [2.75, 3.05) is 45.8 Å². The number of nitrogens with one attached hydrogen (secondary N) is 1. The third kappa shape index (κ3) is 7.05. The van der Waals surface area contributed by atoms with Crippen molar-refractivity contribution in [3.63, 3.8) is 0 Å². The van der Waals surface area contributed by atoms with Crippen molar-refractivity contribution in [2.45, 2.75) is 52.0 Å². The van der Waals surface area contributed by atoms with E-state index < -0.39 is 6.04 Å². The number of carbonyl (C=O) groups is 3. The van der Waals surface area contributed by atoms with Gasteiger partial charge in [-0.25, -0.2) is 0 Å². The Labute approximate surface area is 192 Å². The second kappa shape index (κ2) is 12.0. The van der Waals surface area contributed by atoms with Crippen molar-refractivity contribution in [1.82, 2.24) is 20.0 Å². The minimum absolute atomic E-state index is 0.00451. The van der Waals surface area contributed by atoms with Gasteiger partial charge in [0, 0.05) is 39.3 Å². The zero-order chi connectivity index (χ0) is 22.9. The van der Waals surface area contributed by atoms with E-state index in [0.29, 0.717) is 32.7 Å². The van der Waals surface area contributed by atoms with Crippen LogP contribution < -0.4 is 5.32 Å². The predicted molar refractivity (Wildman–Crippen MR) is 125 cm³/mol. The number of rotatable bonds is 7. The molecule has 32 heavy (non-hydrogen) atoms. The highest BCUT2D eigenvalue weighted by Gasteiger charge is 2.31. The standard InChI is InChI=1S/C25H38N4O3/c1-20(2)24(26-22(30)18-21-10-6-5-7-11-21)25(32)29-16-14-27(15-17-29)19-23(31)28-12-8-3-4-9-13-28/h5-7,10-11,20,24H,3-4,8-9,12-19H2,1-2H3,(H,26,30)/t24-/m1/s1. The molecule has 2 fully saturated rings. The molecule has 7 nitrogen and oxygen atoms in total. The Kier molecular flexibility index (Phi) is 9.09. The number of hydrogen-bond donors (Lipinski definition) is 1. The maximum Gasteiger partial charge on any atom is 0.245 e. The lowest BCUT2D eigenvalue weighted by atomic mass is 10.0. The fourth-order valence-electron chi connectivity index (χ4n) is 4.45. The summed E-state index contributed by atoms with van der Waals surface area (Å²) in [5, 5.41) is 2.95. The topological polar surface area (TPSA) is 73.0 Å². The first-order chi connectivity index (χ1) is 15.4. The van der Waals surface area contributed by atoms with Gasteiger partial charge in [-0.15, -0.1) is 0 Å². The SMILES string of the molecule is CC(C)[C@@H](NC(=O)Cc1ccccc1)C(=O)N1CCN(CC(=O)N2CCCCCC2)CC1. The number of carbonyl (C=O) groups excluding carboxylic acids is 3. The normalized spacial score (nSPS) is 18.8. The Balaban J connectivity index is 1.47. The van der Waals surface area contributed by atoms with Crippen LogP contribution >= 0.6 is 0 Å². The fourth-order valence-corrected chi connectivity index (χ4v) is 4.45. The van der Waals surface area contributed by atoms with Gasteiger partial charge in [-0.1, -0.05) is 57.0 Å². The van der Waals surface area contributed by atoms with Gasteiger partial charge in [0.05, 0.1) is 13.0 Å². The first kappa shape index (κ1) is 24.2. The molecule has 1 N–H and O–H groups in total. The highest BCUT2D eigenvalue weighted by molar-refractivity contribution is 5.88. The molecule has 1 atom stereocenters. The summed E-state index contributed by atoms with van der Waals surface area (Å²) in [4.78, 5) is 44.3. The molecule has 2 aliphatic heterocycles. The van der Waals surface area contributed by atoms with Crippen LogP contribution in [0.25, 0.3) is 0 Å². The maximum absolute atomic E-state index is 13.2. The number of benzene rings is 1. The number of nitrogens with zero attached hydrogens (tertiary/aromatic N) is 3. The molecule has 0 aliphatic carbocycles. The Hall–Kier alpha value is -2.41. The van der Waals surface area contributed by atoms with Crippen molar-refractivity contribution < 1.29 is 14.4 Å². The molecule has 0 bridgehead atoms. The van der Waals surface area contributed by atoms with Gasteiger partial charge in [0.1, 0.15) is 6.04 Å². The summed E-state index contributed by atoms with van der Waals surface area (Å²) < 4.78 is 0. The van der Waals surface area contributed by atoms with E-state index >= 15 is 0 Å². The molecule has 176 valence electrons. The molecule has 2 aliphatic rings. The Bertz CT molecular complexity index is 752. The molecule has 0 radical (unpaired) electrons. The number of hydrogen-bond acceptors (Lipinski definition) is 4. The summed E-state index contributed by atoms with van der Waals surface area (Å²) in [6.45, 7) is 8.65. The van der Waals surface area contributed by atoms with Crippen LogP contribution in [0.3, 0.4) is 0 Å². The lowest BCUT2D eigenvalue weighted by Crippen LogP contribution is -2.57. The molecule has 0 aromatic heterocycles. The van der Waals surface area contributed by atoms with Crippen molar-refractivity contribution >= 4 is 17.7 Å². The van der Waals surface area contributed by atoms with E-state index in [-0.39, 0.29) is 30.1 Å². The summed E-state index contributed by atoms with van der Waals surface area (Å²) in [5.74, 6) is 0.0506. The summed E-state index contributed by atoms with van der Waals surface area (Å²) in [6, 6.07) is 9.03. The number of likely N-dealkylation sites (tertiary alicyclic amines) is 1.